The predicted octanol–water partition coefficient (Wildman–Crippen LogP) is 6.17. The van der Waals surface area contributed by atoms with Crippen molar-refractivity contribution in [2.45, 2.75) is 73.1 Å². The van der Waals surface area contributed by atoms with Gasteiger partial charge in [0.15, 0.2) is 0 Å². The minimum atomic E-state index is 0.964. The van der Waals surface area contributed by atoms with Gasteiger partial charge in [-0.15, -0.1) is 0 Å². The van der Waals surface area contributed by atoms with Crippen molar-refractivity contribution in [3.05, 3.63) is 35.4 Å². The Kier molecular flexibility index (Phi) is 10.8. The first-order chi connectivity index (χ1) is 8.84. The van der Waals surface area contributed by atoms with E-state index in [1.807, 2.05) is 27.7 Å². The zero-order valence-electron chi connectivity index (χ0n) is 13.1. The molecule has 104 valence electrons. The van der Waals surface area contributed by atoms with Gasteiger partial charge in [0.2, 0.25) is 0 Å². The second kappa shape index (κ2) is 11.3. The molecule has 0 spiro atoms. The number of aryl methyl sites for hydroxylation is 1. The van der Waals surface area contributed by atoms with Gasteiger partial charge < -0.3 is 0 Å². The molecule has 0 nitrogen and oxygen atoms in total. The minimum absolute atomic E-state index is 0.964. The van der Waals surface area contributed by atoms with Crippen molar-refractivity contribution < 1.29 is 0 Å². The molecule has 1 fully saturated rings. The van der Waals surface area contributed by atoms with Crippen LogP contribution in [-0.2, 0) is 6.42 Å². The van der Waals surface area contributed by atoms with Gasteiger partial charge in [-0.2, -0.15) is 0 Å². The Balaban J connectivity index is 0.000000659. The third-order valence-electron chi connectivity index (χ3n) is 3.37. The fourth-order valence-corrected chi connectivity index (χ4v) is 2.45. The SMILES string of the molecule is CC.CC.Cc1ccc(CC2CCCCC2)cc1. The smallest absolute Gasteiger partial charge is 0.0250 e. The molecule has 0 aromatic heterocycles. The normalized spacial score (nSPS) is 14.9. The summed E-state index contributed by atoms with van der Waals surface area (Å²) in [4.78, 5) is 0. The number of rotatable bonds is 2. The lowest BCUT2D eigenvalue weighted by Gasteiger charge is -2.21. The first kappa shape index (κ1) is 17.2. The highest BCUT2D eigenvalue weighted by atomic mass is 14.2. The van der Waals surface area contributed by atoms with Crippen molar-refractivity contribution in [1.29, 1.82) is 0 Å². The molecule has 0 N–H and O–H groups in total. The fraction of sp³-hybridized carbons (Fsp3) is 0.667. The highest BCUT2D eigenvalue weighted by Gasteiger charge is 2.13. The first-order valence-electron chi connectivity index (χ1n) is 7.90. The summed E-state index contributed by atoms with van der Waals surface area (Å²) in [5.74, 6) is 0.964. The molecule has 18 heavy (non-hydrogen) atoms. The van der Waals surface area contributed by atoms with Crippen LogP contribution < -0.4 is 0 Å². The molecule has 1 aliphatic rings. The average Bonchev–Trinajstić information content (AvgIpc) is 2.47. The van der Waals surface area contributed by atoms with Crippen LogP contribution in [0.1, 0.15) is 70.9 Å². The van der Waals surface area contributed by atoms with E-state index in [1.165, 1.54) is 49.7 Å². The van der Waals surface area contributed by atoms with Gasteiger partial charge in [0.25, 0.3) is 0 Å². The zero-order chi connectivity index (χ0) is 13.8. The summed E-state index contributed by atoms with van der Waals surface area (Å²) < 4.78 is 0. The molecule has 1 saturated carbocycles. The number of hydrogen-bond acceptors (Lipinski definition) is 0. The second-order valence-electron chi connectivity index (χ2n) is 4.69. The third kappa shape index (κ3) is 6.83. The maximum Gasteiger partial charge on any atom is -0.0250 e. The summed E-state index contributed by atoms with van der Waals surface area (Å²) in [5.41, 5.74) is 2.90. The van der Waals surface area contributed by atoms with Gasteiger partial charge in [-0.05, 0) is 24.8 Å². The van der Waals surface area contributed by atoms with E-state index in [9.17, 15) is 0 Å². The van der Waals surface area contributed by atoms with E-state index >= 15 is 0 Å². The Hall–Kier alpha value is -0.780. The van der Waals surface area contributed by atoms with Crippen molar-refractivity contribution >= 4 is 0 Å². The van der Waals surface area contributed by atoms with Crippen LogP contribution in [-0.4, -0.2) is 0 Å². The van der Waals surface area contributed by atoms with Crippen molar-refractivity contribution in [3.63, 3.8) is 0 Å². The van der Waals surface area contributed by atoms with Gasteiger partial charge in [-0.3, -0.25) is 0 Å². The van der Waals surface area contributed by atoms with Crippen LogP contribution in [0, 0.1) is 12.8 Å². The molecule has 1 aliphatic carbocycles. The van der Waals surface area contributed by atoms with Gasteiger partial charge in [0.05, 0.1) is 0 Å². The third-order valence-corrected chi connectivity index (χ3v) is 3.37. The van der Waals surface area contributed by atoms with Crippen molar-refractivity contribution in [2.24, 2.45) is 5.92 Å². The molecule has 2 rings (SSSR count). The molecule has 1 aromatic carbocycles. The van der Waals surface area contributed by atoms with Crippen LogP contribution in [0.2, 0.25) is 0 Å². The van der Waals surface area contributed by atoms with Crippen LogP contribution in [0.4, 0.5) is 0 Å². The molecule has 0 heterocycles. The Bertz CT molecular complexity index is 265. The lowest BCUT2D eigenvalue weighted by molar-refractivity contribution is 0.356. The highest BCUT2D eigenvalue weighted by molar-refractivity contribution is 5.21. The summed E-state index contributed by atoms with van der Waals surface area (Å²) in [7, 11) is 0. The van der Waals surface area contributed by atoms with Gasteiger partial charge >= 0.3 is 0 Å². The molecule has 0 amide bonds. The molecule has 0 saturated heterocycles. The molecule has 0 atom stereocenters. The van der Waals surface area contributed by atoms with Crippen LogP contribution in [0.5, 0.6) is 0 Å². The van der Waals surface area contributed by atoms with Gasteiger partial charge in [0, 0.05) is 0 Å². The Morgan fingerprint density at radius 2 is 1.33 bits per heavy atom. The number of hydrogen-bond donors (Lipinski definition) is 0. The summed E-state index contributed by atoms with van der Waals surface area (Å²) in [6, 6.07) is 9.06. The van der Waals surface area contributed by atoms with Crippen molar-refractivity contribution in [3.8, 4) is 0 Å². The zero-order valence-corrected chi connectivity index (χ0v) is 13.1. The quantitative estimate of drug-likeness (QED) is 0.587. The van der Waals surface area contributed by atoms with Crippen LogP contribution in [0.25, 0.3) is 0 Å². The maximum absolute atomic E-state index is 2.30. The Labute approximate surface area is 115 Å². The van der Waals surface area contributed by atoms with Gasteiger partial charge in [-0.1, -0.05) is 89.6 Å². The molecule has 0 bridgehead atoms. The second-order valence-corrected chi connectivity index (χ2v) is 4.69. The van der Waals surface area contributed by atoms with Gasteiger partial charge in [0.1, 0.15) is 0 Å². The molecular weight excluding hydrogens is 216 g/mol. The van der Waals surface area contributed by atoms with Crippen LogP contribution in [0.15, 0.2) is 24.3 Å². The van der Waals surface area contributed by atoms with E-state index in [0.717, 1.165) is 5.92 Å². The Morgan fingerprint density at radius 1 is 0.833 bits per heavy atom. The molecule has 0 aliphatic heterocycles. The predicted molar refractivity (Wildman–Crippen MR) is 84.2 cm³/mol. The van der Waals surface area contributed by atoms with E-state index < -0.39 is 0 Å². The summed E-state index contributed by atoms with van der Waals surface area (Å²) in [6.07, 6.45) is 8.58. The van der Waals surface area contributed by atoms with E-state index in [1.54, 1.807) is 0 Å². The fourth-order valence-electron chi connectivity index (χ4n) is 2.45. The standard InChI is InChI=1S/C14H20.2C2H6/c1-12-7-9-14(10-8-12)11-13-5-3-2-4-6-13;2*1-2/h7-10,13H,2-6,11H2,1H3;2*1-2H3. The lowest BCUT2D eigenvalue weighted by atomic mass is 9.85. The topological polar surface area (TPSA) is 0 Å². The molecule has 0 unspecified atom stereocenters. The minimum Gasteiger partial charge on any atom is -0.0683 e. The molecule has 0 heteroatoms. The largest absolute Gasteiger partial charge is 0.0683 e. The van der Waals surface area contributed by atoms with Crippen molar-refractivity contribution in [1.82, 2.24) is 0 Å². The summed E-state index contributed by atoms with van der Waals surface area (Å²) in [5, 5.41) is 0. The number of benzene rings is 1. The van der Waals surface area contributed by atoms with E-state index in [0.29, 0.717) is 0 Å². The summed E-state index contributed by atoms with van der Waals surface area (Å²) in [6.45, 7) is 10.2. The highest BCUT2D eigenvalue weighted by Crippen LogP contribution is 2.26. The average molecular weight is 248 g/mol. The van der Waals surface area contributed by atoms with Crippen LogP contribution >= 0.6 is 0 Å². The lowest BCUT2D eigenvalue weighted by Crippen LogP contribution is -2.09. The Morgan fingerprint density at radius 3 is 1.83 bits per heavy atom. The van der Waals surface area contributed by atoms with E-state index in [-0.39, 0.29) is 0 Å². The summed E-state index contributed by atoms with van der Waals surface area (Å²) >= 11 is 0. The van der Waals surface area contributed by atoms with E-state index in [4.69, 9.17) is 0 Å². The van der Waals surface area contributed by atoms with Crippen LogP contribution in [0.3, 0.4) is 0 Å². The monoisotopic (exact) mass is 248 g/mol. The molecule has 0 radical (unpaired) electrons. The van der Waals surface area contributed by atoms with E-state index in [2.05, 4.69) is 31.2 Å². The van der Waals surface area contributed by atoms with Gasteiger partial charge in [-0.25, -0.2) is 0 Å². The maximum atomic E-state index is 2.30. The first-order valence-corrected chi connectivity index (χ1v) is 7.90. The molecular formula is C18H32. The van der Waals surface area contributed by atoms with Crippen molar-refractivity contribution in [2.75, 3.05) is 0 Å². The molecule has 1 aromatic rings.